The third kappa shape index (κ3) is 4.02. The van der Waals surface area contributed by atoms with Gasteiger partial charge in [0, 0.05) is 0 Å². The van der Waals surface area contributed by atoms with E-state index < -0.39 is 33.9 Å². The molecule has 0 spiro atoms. The Kier molecular flexibility index (Phi) is 5.45. The molecule has 116 valence electrons. The summed E-state index contributed by atoms with van der Waals surface area (Å²) in [5.41, 5.74) is -0.147. The van der Waals surface area contributed by atoms with Crippen molar-refractivity contribution in [3.63, 3.8) is 0 Å². The molecule has 21 heavy (non-hydrogen) atoms. The van der Waals surface area contributed by atoms with Crippen molar-refractivity contribution in [2.75, 3.05) is 5.75 Å². The van der Waals surface area contributed by atoms with Gasteiger partial charge in [-0.2, -0.15) is 0 Å². The first-order chi connectivity index (χ1) is 9.70. The van der Waals surface area contributed by atoms with Crippen molar-refractivity contribution >= 4 is 21.7 Å². The summed E-state index contributed by atoms with van der Waals surface area (Å²) >= 11 is 0. The van der Waals surface area contributed by atoms with E-state index >= 15 is 0 Å². The second-order valence-corrected chi connectivity index (χ2v) is 6.68. The monoisotopic (exact) mass is 315 g/mol. The Bertz CT molecular complexity index is 638. The lowest BCUT2D eigenvalue weighted by atomic mass is 10.1. The van der Waals surface area contributed by atoms with Gasteiger partial charge in [0.2, 0.25) is 0 Å². The highest BCUT2D eigenvalue weighted by Gasteiger charge is 2.28. The SMILES string of the molecule is CCS(=O)(=O)c1ccccc1C(=O)NC(C(=O)O)C(C)O. The molecule has 0 aliphatic rings. The van der Waals surface area contributed by atoms with Gasteiger partial charge >= 0.3 is 5.97 Å². The number of nitrogens with one attached hydrogen (secondary N) is 1. The molecule has 0 aliphatic carbocycles. The number of carbonyl (C=O) groups is 2. The first-order valence-corrected chi connectivity index (χ1v) is 7.89. The van der Waals surface area contributed by atoms with Crippen LogP contribution in [0.5, 0.6) is 0 Å². The lowest BCUT2D eigenvalue weighted by Crippen LogP contribution is -2.47. The molecule has 0 saturated carbocycles. The van der Waals surface area contributed by atoms with Gasteiger partial charge in [-0.1, -0.05) is 19.1 Å². The van der Waals surface area contributed by atoms with E-state index in [2.05, 4.69) is 5.32 Å². The Morgan fingerprint density at radius 1 is 1.29 bits per heavy atom. The van der Waals surface area contributed by atoms with Crippen molar-refractivity contribution in [2.24, 2.45) is 0 Å². The number of carboxylic acid groups (broad SMARTS) is 1. The molecule has 0 radical (unpaired) electrons. The van der Waals surface area contributed by atoms with Crippen molar-refractivity contribution < 1.29 is 28.2 Å². The van der Waals surface area contributed by atoms with E-state index in [0.717, 1.165) is 0 Å². The van der Waals surface area contributed by atoms with Crippen LogP contribution in [-0.2, 0) is 14.6 Å². The molecule has 8 heteroatoms. The fourth-order valence-electron chi connectivity index (χ4n) is 1.69. The summed E-state index contributed by atoms with van der Waals surface area (Å²) < 4.78 is 23.9. The molecule has 1 aromatic carbocycles. The Labute approximate surface area is 122 Å². The van der Waals surface area contributed by atoms with Crippen LogP contribution in [0.2, 0.25) is 0 Å². The normalized spacial score (nSPS) is 14.2. The van der Waals surface area contributed by atoms with Gasteiger partial charge in [-0.05, 0) is 19.1 Å². The van der Waals surface area contributed by atoms with Gasteiger partial charge in [0.15, 0.2) is 15.9 Å². The Hall–Kier alpha value is -1.93. The second-order valence-electron chi connectivity index (χ2n) is 4.43. The molecular weight excluding hydrogens is 298 g/mol. The first kappa shape index (κ1) is 17.1. The van der Waals surface area contributed by atoms with Crippen LogP contribution in [0.3, 0.4) is 0 Å². The third-order valence-corrected chi connectivity index (χ3v) is 4.67. The van der Waals surface area contributed by atoms with Crippen LogP contribution in [0, 0.1) is 0 Å². The number of rotatable bonds is 6. The lowest BCUT2D eigenvalue weighted by molar-refractivity contribution is -0.141. The van der Waals surface area contributed by atoms with Crippen molar-refractivity contribution in [1.29, 1.82) is 0 Å². The largest absolute Gasteiger partial charge is 0.480 e. The van der Waals surface area contributed by atoms with Gasteiger partial charge in [0.1, 0.15) is 0 Å². The van der Waals surface area contributed by atoms with Gasteiger partial charge < -0.3 is 15.5 Å². The lowest BCUT2D eigenvalue weighted by Gasteiger charge is -2.18. The highest BCUT2D eigenvalue weighted by atomic mass is 32.2. The molecule has 0 heterocycles. The highest BCUT2D eigenvalue weighted by molar-refractivity contribution is 7.91. The summed E-state index contributed by atoms with van der Waals surface area (Å²) in [7, 11) is -3.62. The van der Waals surface area contributed by atoms with Gasteiger partial charge in [-0.15, -0.1) is 0 Å². The molecule has 0 aliphatic heterocycles. The molecule has 2 unspecified atom stereocenters. The fourth-order valence-corrected chi connectivity index (χ4v) is 2.78. The molecular formula is C13H17NO6S. The van der Waals surface area contributed by atoms with Crippen LogP contribution < -0.4 is 5.32 Å². The molecule has 0 bridgehead atoms. The molecule has 7 nitrogen and oxygen atoms in total. The molecule has 0 fully saturated rings. The summed E-state index contributed by atoms with van der Waals surface area (Å²) in [4.78, 5) is 22.9. The van der Waals surface area contributed by atoms with E-state index in [0.29, 0.717) is 0 Å². The number of aliphatic hydroxyl groups is 1. The number of sulfone groups is 1. The van der Waals surface area contributed by atoms with Gasteiger partial charge in [0.25, 0.3) is 5.91 Å². The molecule has 1 rings (SSSR count). The van der Waals surface area contributed by atoms with Crippen molar-refractivity contribution in [3.8, 4) is 0 Å². The maximum absolute atomic E-state index is 12.1. The van der Waals surface area contributed by atoms with Gasteiger partial charge in [0.05, 0.1) is 22.3 Å². The van der Waals surface area contributed by atoms with E-state index in [1.807, 2.05) is 0 Å². The van der Waals surface area contributed by atoms with Crippen LogP contribution in [0.4, 0.5) is 0 Å². The predicted octanol–water partition coefficient (Wildman–Crippen LogP) is 0.0440. The third-order valence-electron chi connectivity index (χ3n) is 2.88. The number of hydrogen-bond donors (Lipinski definition) is 3. The first-order valence-electron chi connectivity index (χ1n) is 6.24. The van der Waals surface area contributed by atoms with E-state index in [1.165, 1.54) is 38.1 Å². The minimum atomic E-state index is -3.62. The van der Waals surface area contributed by atoms with Gasteiger partial charge in [-0.3, -0.25) is 4.79 Å². The quantitative estimate of drug-likeness (QED) is 0.682. The number of aliphatic carboxylic acids is 1. The summed E-state index contributed by atoms with van der Waals surface area (Å²) in [5.74, 6) is -2.46. The zero-order chi connectivity index (χ0) is 16.2. The number of amides is 1. The summed E-state index contributed by atoms with van der Waals surface area (Å²) in [6, 6.07) is 4.00. The Balaban J connectivity index is 3.18. The highest BCUT2D eigenvalue weighted by Crippen LogP contribution is 2.17. The van der Waals surface area contributed by atoms with Crippen LogP contribution in [0.15, 0.2) is 29.2 Å². The minimum Gasteiger partial charge on any atom is -0.480 e. The van der Waals surface area contributed by atoms with Crippen molar-refractivity contribution in [2.45, 2.75) is 30.9 Å². The van der Waals surface area contributed by atoms with Crippen molar-refractivity contribution in [1.82, 2.24) is 5.32 Å². The number of hydrogen-bond acceptors (Lipinski definition) is 5. The Morgan fingerprint density at radius 3 is 2.33 bits per heavy atom. The standard InChI is InChI=1S/C13H17NO6S/c1-3-21(19,20)10-7-5-4-6-9(10)12(16)14-11(8(2)15)13(17)18/h4-8,11,15H,3H2,1-2H3,(H,14,16)(H,17,18). The summed E-state index contributed by atoms with van der Waals surface area (Å²) in [6.45, 7) is 2.66. The van der Waals surface area contributed by atoms with E-state index in [-0.39, 0.29) is 16.2 Å². The van der Waals surface area contributed by atoms with Crippen LogP contribution in [0.25, 0.3) is 0 Å². The number of carbonyl (C=O) groups excluding carboxylic acids is 1. The maximum atomic E-state index is 12.1. The van der Waals surface area contributed by atoms with Crippen molar-refractivity contribution in [3.05, 3.63) is 29.8 Å². The topological polar surface area (TPSA) is 121 Å². The molecule has 3 N–H and O–H groups in total. The van der Waals surface area contributed by atoms with E-state index in [1.54, 1.807) is 0 Å². The van der Waals surface area contributed by atoms with E-state index in [9.17, 15) is 23.1 Å². The smallest absolute Gasteiger partial charge is 0.328 e. The molecule has 0 saturated heterocycles. The maximum Gasteiger partial charge on any atom is 0.328 e. The van der Waals surface area contributed by atoms with Crippen LogP contribution >= 0.6 is 0 Å². The summed E-state index contributed by atoms with van der Waals surface area (Å²) in [6.07, 6.45) is -1.32. The number of carboxylic acids is 1. The number of benzene rings is 1. The minimum absolute atomic E-state index is 0.147. The Morgan fingerprint density at radius 2 is 1.86 bits per heavy atom. The van der Waals surface area contributed by atoms with Crippen LogP contribution in [0.1, 0.15) is 24.2 Å². The molecule has 1 aromatic rings. The predicted molar refractivity (Wildman–Crippen MR) is 74.7 cm³/mol. The average molecular weight is 315 g/mol. The zero-order valence-corrected chi connectivity index (χ0v) is 12.4. The second kappa shape index (κ2) is 6.68. The zero-order valence-electron chi connectivity index (χ0n) is 11.6. The van der Waals surface area contributed by atoms with Crippen LogP contribution in [-0.4, -0.2) is 48.4 Å². The summed E-state index contributed by atoms with van der Waals surface area (Å²) in [5, 5.41) is 20.4. The molecule has 1 amide bonds. The van der Waals surface area contributed by atoms with Gasteiger partial charge in [-0.25, -0.2) is 13.2 Å². The fraction of sp³-hybridized carbons (Fsp3) is 0.385. The van der Waals surface area contributed by atoms with E-state index in [4.69, 9.17) is 5.11 Å². The molecule has 2 atom stereocenters. The molecule has 0 aromatic heterocycles. The number of aliphatic hydroxyl groups excluding tert-OH is 1. The average Bonchev–Trinajstić information content (AvgIpc) is 2.43.